The van der Waals surface area contributed by atoms with Crippen LogP contribution in [0, 0.1) is 12.7 Å². The van der Waals surface area contributed by atoms with Crippen LogP contribution < -0.4 is 10.6 Å². The first kappa shape index (κ1) is 18.2. The molecule has 0 atom stereocenters. The summed E-state index contributed by atoms with van der Waals surface area (Å²) in [4.78, 5) is 25.1. The van der Waals surface area contributed by atoms with E-state index in [-0.39, 0.29) is 11.4 Å². The summed E-state index contributed by atoms with van der Waals surface area (Å²) in [7, 11) is 0. The van der Waals surface area contributed by atoms with Crippen molar-refractivity contribution in [2.24, 2.45) is 0 Å². The number of anilines is 3. The minimum atomic E-state index is -1.03. The van der Waals surface area contributed by atoms with E-state index in [2.05, 4.69) is 25.6 Å². The molecule has 0 bridgehead atoms. The van der Waals surface area contributed by atoms with E-state index in [4.69, 9.17) is 0 Å². The Balaban J connectivity index is 1.71. The van der Waals surface area contributed by atoms with Crippen LogP contribution in [-0.4, -0.2) is 32.1 Å². The fourth-order valence-electron chi connectivity index (χ4n) is 3.43. The Bertz CT molecular complexity index is 1300. The summed E-state index contributed by atoms with van der Waals surface area (Å²) in [5.74, 6) is -0.478. The Labute approximate surface area is 171 Å². The highest BCUT2D eigenvalue weighted by Crippen LogP contribution is 2.32. The van der Waals surface area contributed by atoms with Gasteiger partial charge in [-0.2, -0.15) is 0 Å². The van der Waals surface area contributed by atoms with E-state index in [0.29, 0.717) is 34.5 Å². The standard InChI is InChI=1S/C22H18FN5O2/c1-11-6-13(23)9-15(7-11)25-20-19-17(10-24-22(28-19)26-14-3-4-14)16-5-2-12(21(29)30)8-18(16)27-20/h2,5-10,14H,3-4H2,1H3,(H,25,27)(H,29,30)(H,24,26,28). The van der Waals surface area contributed by atoms with E-state index in [1.807, 2.05) is 0 Å². The Hall–Kier alpha value is -3.81. The highest BCUT2D eigenvalue weighted by molar-refractivity contribution is 6.10. The molecule has 0 spiro atoms. The molecule has 2 heterocycles. The summed E-state index contributed by atoms with van der Waals surface area (Å²) >= 11 is 0. The third-order valence-corrected chi connectivity index (χ3v) is 5.00. The molecule has 0 saturated heterocycles. The maximum Gasteiger partial charge on any atom is 0.335 e. The Morgan fingerprint density at radius 1 is 1.13 bits per heavy atom. The predicted molar refractivity (Wildman–Crippen MR) is 113 cm³/mol. The zero-order valence-electron chi connectivity index (χ0n) is 16.1. The van der Waals surface area contributed by atoms with Crippen molar-refractivity contribution in [3.05, 3.63) is 59.5 Å². The summed E-state index contributed by atoms with van der Waals surface area (Å²) in [6.45, 7) is 1.80. The molecule has 1 fully saturated rings. The number of benzene rings is 2. The Morgan fingerprint density at radius 3 is 2.70 bits per heavy atom. The normalized spacial score (nSPS) is 13.5. The smallest absolute Gasteiger partial charge is 0.335 e. The second-order valence-electron chi connectivity index (χ2n) is 7.51. The maximum absolute atomic E-state index is 13.9. The van der Waals surface area contributed by atoms with Crippen LogP contribution in [0.15, 0.2) is 42.6 Å². The minimum absolute atomic E-state index is 0.134. The minimum Gasteiger partial charge on any atom is -0.478 e. The number of halogens is 1. The van der Waals surface area contributed by atoms with E-state index >= 15 is 0 Å². The summed E-state index contributed by atoms with van der Waals surface area (Å²) in [6.07, 6.45) is 3.88. The molecular formula is C22H18FN5O2. The molecule has 2 aromatic heterocycles. The number of fused-ring (bicyclic) bond motifs is 3. The first-order valence-electron chi connectivity index (χ1n) is 9.61. The lowest BCUT2D eigenvalue weighted by atomic mass is 10.1. The van der Waals surface area contributed by atoms with Crippen LogP contribution in [0.2, 0.25) is 0 Å². The molecule has 2 aromatic carbocycles. The number of aromatic carboxylic acids is 1. The van der Waals surface area contributed by atoms with Crippen molar-refractivity contribution in [3.63, 3.8) is 0 Å². The Morgan fingerprint density at radius 2 is 1.97 bits per heavy atom. The van der Waals surface area contributed by atoms with E-state index in [1.54, 1.807) is 25.3 Å². The third kappa shape index (κ3) is 3.47. The van der Waals surface area contributed by atoms with E-state index in [0.717, 1.165) is 29.2 Å². The fourth-order valence-corrected chi connectivity index (χ4v) is 3.43. The number of rotatable bonds is 5. The molecule has 0 unspecified atom stereocenters. The number of carboxylic acids is 1. The van der Waals surface area contributed by atoms with Gasteiger partial charge in [0.15, 0.2) is 5.82 Å². The molecule has 5 rings (SSSR count). The molecule has 1 saturated carbocycles. The molecule has 7 nitrogen and oxygen atoms in total. The number of aryl methyl sites for hydroxylation is 1. The van der Waals surface area contributed by atoms with E-state index in [1.165, 1.54) is 24.3 Å². The summed E-state index contributed by atoms with van der Waals surface area (Å²) in [5, 5.41) is 17.2. The van der Waals surface area contributed by atoms with Crippen molar-refractivity contribution in [1.29, 1.82) is 0 Å². The molecule has 0 aliphatic heterocycles. The quantitative estimate of drug-likeness (QED) is 0.417. The monoisotopic (exact) mass is 403 g/mol. The van der Waals surface area contributed by atoms with Crippen LogP contribution in [0.1, 0.15) is 28.8 Å². The van der Waals surface area contributed by atoms with Crippen molar-refractivity contribution in [2.75, 3.05) is 10.6 Å². The van der Waals surface area contributed by atoms with Crippen LogP contribution in [-0.2, 0) is 0 Å². The number of nitrogens with one attached hydrogen (secondary N) is 2. The lowest BCUT2D eigenvalue weighted by Gasteiger charge is -2.13. The number of hydrogen-bond acceptors (Lipinski definition) is 6. The average molecular weight is 403 g/mol. The molecule has 150 valence electrons. The largest absolute Gasteiger partial charge is 0.478 e. The maximum atomic E-state index is 13.9. The highest BCUT2D eigenvalue weighted by Gasteiger charge is 2.22. The van der Waals surface area contributed by atoms with Gasteiger partial charge in [-0.15, -0.1) is 0 Å². The highest BCUT2D eigenvalue weighted by atomic mass is 19.1. The number of carbonyl (C=O) groups is 1. The van der Waals surface area contributed by atoms with Crippen molar-refractivity contribution in [1.82, 2.24) is 15.0 Å². The van der Waals surface area contributed by atoms with Crippen molar-refractivity contribution < 1.29 is 14.3 Å². The molecule has 3 N–H and O–H groups in total. The van der Waals surface area contributed by atoms with E-state index < -0.39 is 5.97 Å². The molecule has 1 aliphatic carbocycles. The zero-order valence-corrected chi connectivity index (χ0v) is 16.1. The number of aromatic nitrogens is 3. The van der Waals surface area contributed by atoms with Crippen LogP contribution in [0.25, 0.3) is 21.8 Å². The zero-order chi connectivity index (χ0) is 20.8. The van der Waals surface area contributed by atoms with Gasteiger partial charge in [-0.3, -0.25) is 0 Å². The van der Waals surface area contributed by atoms with Gasteiger partial charge in [-0.1, -0.05) is 6.07 Å². The second-order valence-corrected chi connectivity index (χ2v) is 7.51. The van der Waals surface area contributed by atoms with Gasteiger partial charge in [0.05, 0.1) is 11.1 Å². The molecular weight excluding hydrogens is 385 g/mol. The van der Waals surface area contributed by atoms with Crippen LogP contribution in [0.5, 0.6) is 0 Å². The fraction of sp³-hybridized carbons (Fsp3) is 0.182. The van der Waals surface area contributed by atoms with Gasteiger partial charge in [-0.25, -0.2) is 24.1 Å². The lowest BCUT2D eigenvalue weighted by molar-refractivity contribution is 0.0697. The number of carboxylic acid groups (broad SMARTS) is 1. The van der Waals surface area contributed by atoms with Crippen LogP contribution in [0.4, 0.5) is 21.8 Å². The second kappa shape index (κ2) is 6.91. The van der Waals surface area contributed by atoms with Gasteiger partial charge in [-0.05, 0) is 55.7 Å². The summed E-state index contributed by atoms with van der Waals surface area (Å²) in [6, 6.07) is 9.76. The van der Waals surface area contributed by atoms with Gasteiger partial charge in [0.2, 0.25) is 5.95 Å². The molecule has 8 heteroatoms. The number of pyridine rings is 1. The van der Waals surface area contributed by atoms with Crippen molar-refractivity contribution in [3.8, 4) is 0 Å². The lowest BCUT2D eigenvalue weighted by Crippen LogP contribution is -2.07. The molecule has 30 heavy (non-hydrogen) atoms. The summed E-state index contributed by atoms with van der Waals surface area (Å²) < 4.78 is 13.9. The van der Waals surface area contributed by atoms with Crippen molar-refractivity contribution >= 4 is 45.2 Å². The molecule has 0 amide bonds. The topological polar surface area (TPSA) is 100 Å². The number of nitrogens with zero attached hydrogens (tertiary/aromatic N) is 3. The van der Waals surface area contributed by atoms with Crippen LogP contribution in [0.3, 0.4) is 0 Å². The van der Waals surface area contributed by atoms with Gasteiger partial charge < -0.3 is 15.7 Å². The average Bonchev–Trinajstić information content (AvgIpc) is 3.51. The van der Waals surface area contributed by atoms with Crippen molar-refractivity contribution in [2.45, 2.75) is 25.8 Å². The SMILES string of the molecule is Cc1cc(F)cc(Nc2nc3cc(C(=O)O)ccc3c3cnc(NC4CC4)nc23)c1. The van der Waals surface area contributed by atoms with Gasteiger partial charge >= 0.3 is 5.97 Å². The van der Waals surface area contributed by atoms with Crippen LogP contribution >= 0.6 is 0 Å². The van der Waals surface area contributed by atoms with Gasteiger partial charge in [0, 0.05) is 28.7 Å². The number of hydrogen-bond donors (Lipinski definition) is 3. The molecule has 0 radical (unpaired) electrons. The predicted octanol–water partition coefficient (Wildman–Crippen LogP) is 4.64. The first-order valence-corrected chi connectivity index (χ1v) is 9.61. The molecule has 4 aromatic rings. The van der Waals surface area contributed by atoms with Gasteiger partial charge in [0.25, 0.3) is 0 Å². The Kier molecular flexibility index (Phi) is 4.20. The van der Waals surface area contributed by atoms with E-state index in [9.17, 15) is 14.3 Å². The first-order chi connectivity index (χ1) is 14.5. The molecule has 1 aliphatic rings. The third-order valence-electron chi connectivity index (χ3n) is 5.00. The summed E-state index contributed by atoms with van der Waals surface area (Å²) in [5.41, 5.74) is 2.50. The van der Waals surface area contributed by atoms with Gasteiger partial charge in [0.1, 0.15) is 11.3 Å².